The topological polar surface area (TPSA) is 67.2 Å². The molecule has 2 heterocycles. The van der Waals surface area contributed by atoms with Crippen LogP contribution in [0, 0.1) is 0 Å². The van der Waals surface area contributed by atoms with E-state index < -0.39 is 0 Å². The first-order chi connectivity index (χ1) is 13.1. The summed E-state index contributed by atoms with van der Waals surface area (Å²) in [5.41, 5.74) is 2.89. The number of carbonyl (C=O) groups is 2. The molecule has 0 spiro atoms. The third-order valence-corrected chi connectivity index (χ3v) is 5.23. The Morgan fingerprint density at radius 1 is 1.22 bits per heavy atom. The van der Waals surface area contributed by atoms with Crippen LogP contribution in [0.2, 0.25) is 5.02 Å². The van der Waals surface area contributed by atoms with Gasteiger partial charge in [-0.3, -0.25) is 9.59 Å². The van der Waals surface area contributed by atoms with E-state index in [1.165, 1.54) is 0 Å². The summed E-state index contributed by atoms with van der Waals surface area (Å²) in [6.45, 7) is 4.35. The fourth-order valence-corrected chi connectivity index (χ4v) is 3.55. The van der Waals surface area contributed by atoms with Crippen LogP contribution in [-0.4, -0.2) is 39.4 Å². The second kappa shape index (κ2) is 7.04. The number of fused-ring (bicyclic) bond motifs is 3. The Balaban J connectivity index is 1.58. The maximum Gasteiger partial charge on any atom is 0.289 e. The van der Waals surface area contributed by atoms with E-state index >= 15 is 0 Å². The molecule has 4 rings (SSSR count). The minimum atomic E-state index is -0.204. The highest BCUT2D eigenvalue weighted by atomic mass is 35.5. The molecule has 1 aliphatic rings. The molecule has 0 unspecified atom stereocenters. The van der Waals surface area contributed by atoms with E-state index in [1.54, 1.807) is 23.1 Å². The van der Waals surface area contributed by atoms with Crippen LogP contribution in [0.25, 0.3) is 11.0 Å². The lowest BCUT2D eigenvalue weighted by Gasteiger charge is -2.26. The third kappa shape index (κ3) is 3.17. The number of carbonyl (C=O) groups excluding carboxylic acids is 2. The molecule has 138 valence electrons. The molecule has 0 bridgehead atoms. The van der Waals surface area contributed by atoms with Gasteiger partial charge in [0.2, 0.25) is 0 Å². The van der Waals surface area contributed by atoms with Crippen molar-refractivity contribution in [2.45, 2.75) is 20.0 Å². The van der Waals surface area contributed by atoms with Gasteiger partial charge in [0.15, 0.2) is 5.82 Å². The van der Waals surface area contributed by atoms with Gasteiger partial charge in [-0.2, -0.15) is 0 Å². The second-order valence-electron chi connectivity index (χ2n) is 6.45. The Labute approximate surface area is 161 Å². The number of hydrogen-bond donors (Lipinski definition) is 1. The summed E-state index contributed by atoms with van der Waals surface area (Å²) < 4.78 is 1.93. The van der Waals surface area contributed by atoms with Gasteiger partial charge in [0.25, 0.3) is 11.8 Å². The minimum Gasteiger partial charge on any atom is -0.348 e. The van der Waals surface area contributed by atoms with Crippen molar-refractivity contribution in [2.24, 2.45) is 0 Å². The van der Waals surface area contributed by atoms with Crippen molar-refractivity contribution in [3.05, 3.63) is 64.4 Å². The fourth-order valence-electron chi connectivity index (χ4n) is 3.35. The standard InChI is InChI=1S/C20H19ClN4O2/c1-2-24-9-10-25-17-8-7-13(11-16(17)23-18(25)20(24)27)19(26)22-12-14-5-3-4-6-15(14)21/h3-8,11H,2,9-10,12H2,1H3,(H,22,26). The van der Waals surface area contributed by atoms with Gasteiger partial charge in [0.05, 0.1) is 11.0 Å². The predicted molar refractivity (Wildman–Crippen MR) is 104 cm³/mol. The molecule has 0 fully saturated rings. The fraction of sp³-hybridized carbons (Fsp3) is 0.250. The molecule has 27 heavy (non-hydrogen) atoms. The number of nitrogens with zero attached hydrogens (tertiary/aromatic N) is 3. The summed E-state index contributed by atoms with van der Waals surface area (Å²) in [6, 6.07) is 12.7. The molecular formula is C20H19ClN4O2. The maximum atomic E-state index is 12.5. The van der Waals surface area contributed by atoms with Gasteiger partial charge >= 0.3 is 0 Å². The van der Waals surface area contributed by atoms with Crippen LogP contribution in [-0.2, 0) is 13.1 Å². The number of amides is 2. The van der Waals surface area contributed by atoms with Gasteiger partial charge in [0, 0.05) is 36.8 Å². The highest BCUT2D eigenvalue weighted by Crippen LogP contribution is 2.22. The van der Waals surface area contributed by atoms with Crippen LogP contribution in [0.4, 0.5) is 0 Å². The first-order valence-corrected chi connectivity index (χ1v) is 9.27. The average Bonchev–Trinajstić information content (AvgIpc) is 3.06. The highest BCUT2D eigenvalue weighted by molar-refractivity contribution is 6.31. The van der Waals surface area contributed by atoms with Gasteiger partial charge in [0.1, 0.15) is 0 Å². The van der Waals surface area contributed by atoms with Gasteiger partial charge in [-0.25, -0.2) is 4.98 Å². The normalized spacial score (nSPS) is 13.7. The van der Waals surface area contributed by atoms with Crippen molar-refractivity contribution in [2.75, 3.05) is 13.1 Å². The van der Waals surface area contributed by atoms with E-state index in [9.17, 15) is 9.59 Å². The van der Waals surface area contributed by atoms with E-state index in [4.69, 9.17) is 11.6 Å². The zero-order valence-corrected chi connectivity index (χ0v) is 15.7. The molecule has 6 nitrogen and oxygen atoms in total. The summed E-state index contributed by atoms with van der Waals surface area (Å²) in [4.78, 5) is 31.2. The van der Waals surface area contributed by atoms with Gasteiger partial charge in [-0.1, -0.05) is 29.8 Å². The molecule has 1 N–H and O–H groups in total. The zero-order valence-electron chi connectivity index (χ0n) is 14.9. The van der Waals surface area contributed by atoms with Crippen LogP contribution >= 0.6 is 11.6 Å². The zero-order chi connectivity index (χ0) is 19.0. The van der Waals surface area contributed by atoms with Gasteiger partial charge in [-0.15, -0.1) is 0 Å². The molecule has 0 atom stereocenters. The number of likely N-dealkylation sites (N-methyl/N-ethyl adjacent to an activating group) is 1. The highest BCUT2D eigenvalue weighted by Gasteiger charge is 2.27. The van der Waals surface area contributed by atoms with Crippen LogP contribution < -0.4 is 5.32 Å². The average molecular weight is 383 g/mol. The van der Waals surface area contributed by atoms with Crippen LogP contribution in [0.5, 0.6) is 0 Å². The minimum absolute atomic E-state index is 0.0651. The number of imidazole rings is 1. The van der Waals surface area contributed by atoms with Gasteiger partial charge in [-0.05, 0) is 36.8 Å². The van der Waals surface area contributed by atoms with Crippen molar-refractivity contribution in [1.82, 2.24) is 19.8 Å². The largest absolute Gasteiger partial charge is 0.348 e. The number of benzene rings is 2. The van der Waals surface area contributed by atoms with E-state index in [2.05, 4.69) is 10.3 Å². The molecule has 1 aliphatic heterocycles. The van der Waals surface area contributed by atoms with Crippen LogP contribution in [0.15, 0.2) is 42.5 Å². The van der Waals surface area contributed by atoms with Crippen LogP contribution in [0.3, 0.4) is 0 Å². The molecule has 7 heteroatoms. The molecular weight excluding hydrogens is 364 g/mol. The molecule has 0 saturated heterocycles. The summed E-state index contributed by atoms with van der Waals surface area (Å²) >= 11 is 6.13. The van der Waals surface area contributed by atoms with E-state index in [-0.39, 0.29) is 11.8 Å². The quantitative estimate of drug-likeness (QED) is 0.754. The van der Waals surface area contributed by atoms with Crippen molar-refractivity contribution < 1.29 is 9.59 Å². The molecule has 3 aromatic rings. The molecule has 1 aromatic heterocycles. The van der Waals surface area contributed by atoms with Crippen molar-refractivity contribution >= 4 is 34.4 Å². The lowest BCUT2D eigenvalue weighted by molar-refractivity contribution is 0.0709. The lowest BCUT2D eigenvalue weighted by atomic mass is 10.1. The number of halogens is 1. The molecule has 2 aromatic carbocycles. The number of hydrogen-bond acceptors (Lipinski definition) is 3. The Kier molecular flexibility index (Phi) is 4.58. The molecule has 2 amide bonds. The maximum absolute atomic E-state index is 12.5. The van der Waals surface area contributed by atoms with E-state index in [0.29, 0.717) is 48.1 Å². The Bertz CT molecular complexity index is 1040. The molecule has 0 radical (unpaired) electrons. The smallest absolute Gasteiger partial charge is 0.289 e. The summed E-state index contributed by atoms with van der Waals surface area (Å²) in [7, 11) is 0. The lowest BCUT2D eigenvalue weighted by Crippen LogP contribution is -2.40. The Morgan fingerprint density at radius 2 is 2.04 bits per heavy atom. The van der Waals surface area contributed by atoms with Crippen molar-refractivity contribution in [3.63, 3.8) is 0 Å². The monoisotopic (exact) mass is 382 g/mol. The van der Waals surface area contributed by atoms with E-state index in [1.807, 2.05) is 35.8 Å². The van der Waals surface area contributed by atoms with E-state index in [0.717, 1.165) is 11.1 Å². The Hall–Kier alpha value is -2.86. The summed E-state index contributed by atoms with van der Waals surface area (Å²) in [6.07, 6.45) is 0. The SMILES string of the molecule is CCN1CCn2c(nc3cc(C(=O)NCc4ccccc4Cl)ccc32)C1=O. The third-order valence-electron chi connectivity index (χ3n) is 4.86. The second-order valence-corrected chi connectivity index (χ2v) is 6.86. The number of aromatic nitrogens is 2. The molecule has 0 aliphatic carbocycles. The van der Waals surface area contributed by atoms with Crippen LogP contribution in [0.1, 0.15) is 33.5 Å². The number of rotatable bonds is 4. The predicted octanol–water partition coefficient (Wildman–Crippen LogP) is 3.10. The number of nitrogens with one attached hydrogen (secondary N) is 1. The first kappa shape index (κ1) is 17.5. The molecule has 0 saturated carbocycles. The van der Waals surface area contributed by atoms with Gasteiger partial charge < -0.3 is 14.8 Å². The first-order valence-electron chi connectivity index (χ1n) is 8.89. The summed E-state index contributed by atoms with van der Waals surface area (Å²) in [5, 5.41) is 3.49. The summed E-state index contributed by atoms with van der Waals surface area (Å²) in [5.74, 6) is 0.167. The Morgan fingerprint density at radius 3 is 2.81 bits per heavy atom. The van der Waals surface area contributed by atoms with Crippen molar-refractivity contribution in [1.29, 1.82) is 0 Å². The van der Waals surface area contributed by atoms with Crippen molar-refractivity contribution in [3.8, 4) is 0 Å².